The predicted octanol–water partition coefficient (Wildman–Crippen LogP) is 1.85. The van der Waals surface area contributed by atoms with Crippen LogP contribution in [0.15, 0.2) is 0 Å². The van der Waals surface area contributed by atoms with Crippen molar-refractivity contribution in [3.63, 3.8) is 0 Å². The van der Waals surface area contributed by atoms with E-state index in [-0.39, 0.29) is 24.9 Å². The minimum absolute atomic E-state index is 0.216. The summed E-state index contributed by atoms with van der Waals surface area (Å²) in [5, 5.41) is 0. The molecule has 3 heteroatoms. The van der Waals surface area contributed by atoms with Gasteiger partial charge in [0.2, 0.25) is 0 Å². The molecule has 0 radical (unpaired) electrons. The summed E-state index contributed by atoms with van der Waals surface area (Å²) in [5.74, 6) is 0. The number of alkyl halides is 1. The van der Waals surface area contributed by atoms with Gasteiger partial charge in [-0.2, -0.15) is 0 Å². The van der Waals surface area contributed by atoms with Gasteiger partial charge in [0.1, 0.15) is 6.67 Å². The standard InChI is InChI=1S/C10H20FNO/c1-10(2,3)12-6-4-9(8-12)13-7-5-11/h9H,4-8H2,1-3H3. The normalized spacial score (nSPS) is 25.4. The molecule has 13 heavy (non-hydrogen) atoms. The van der Waals surface area contributed by atoms with Crippen LogP contribution in [0.3, 0.4) is 0 Å². The van der Waals surface area contributed by atoms with Gasteiger partial charge in [-0.3, -0.25) is 4.90 Å². The fourth-order valence-corrected chi connectivity index (χ4v) is 1.68. The summed E-state index contributed by atoms with van der Waals surface area (Å²) in [6.45, 7) is 8.50. The Labute approximate surface area is 80.1 Å². The largest absolute Gasteiger partial charge is 0.374 e. The Bertz CT molecular complexity index is 155. The van der Waals surface area contributed by atoms with Gasteiger partial charge in [-0.25, -0.2) is 4.39 Å². The molecule has 0 amide bonds. The predicted molar refractivity (Wildman–Crippen MR) is 51.7 cm³/mol. The zero-order valence-electron chi connectivity index (χ0n) is 8.85. The van der Waals surface area contributed by atoms with Gasteiger partial charge in [0.25, 0.3) is 0 Å². The molecular weight excluding hydrogens is 169 g/mol. The smallest absolute Gasteiger partial charge is 0.113 e. The van der Waals surface area contributed by atoms with E-state index < -0.39 is 0 Å². The van der Waals surface area contributed by atoms with Crippen LogP contribution < -0.4 is 0 Å². The topological polar surface area (TPSA) is 12.5 Å². The average molecular weight is 189 g/mol. The molecule has 1 heterocycles. The zero-order valence-corrected chi connectivity index (χ0v) is 8.85. The van der Waals surface area contributed by atoms with E-state index in [1.165, 1.54) is 0 Å². The van der Waals surface area contributed by atoms with Gasteiger partial charge in [-0.1, -0.05) is 0 Å². The van der Waals surface area contributed by atoms with Crippen molar-refractivity contribution in [1.82, 2.24) is 4.90 Å². The molecule has 1 aliphatic rings. The van der Waals surface area contributed by atoms with Crippen LogP contribution in [-0.4, -0.2) is 42.9 Å². The first kappa shape index (κ1) is 10.9. The van der Waals surface area contributed by atoms with Crippen LogP contribution in [0.2, 0.25) is 0 Å². The minimum Gasteiger partial charge on any atom is -0.374 e. The van der Waals surface area contributed by atoms with E-state index in [9.17, 15) is 4.39 Å². The molecule has 0 saturated carbocycles. The van der Waals surface area contributed by atoms with Gasteiger partial charge in [-0.05, 0) is 27.2 Å². The first-order chi connectivity index (χ1) is 6.04. The van der Waals surface area contributed by atoms with Gasteiger partial charge < -0.3 is 4.74 Å². The number of ether oxygens (including phenoxy) is 1. The van der Waals surface area contributed by atoms with E-state index >= 15 is 0 Å². The average Bonchev–Trinajstić information content (AvgIpc) is 2.47. The summed E-state index contributed by atoms with van der Waals surface area (Å²) < 4.78 is 17.2. The molecule has 1 rings (SSSR count). The van der Waals surface area contributed by atoms with Crippen molar-refractivity contribution >= 4 is 0 Å². The molecule has 0 aromatic carbocycles. The molecule has 1 saturated heterocycles. The highest BCUT2D eigenvalue weighted by molar-refractivity contribution is 4.85. The summed E-state index contributed by atoms with van der Waals surface area (Å²) in [6.07, 6.45) is 1.28. The second kappa shape index (κ2) is 4.38. The number of rotatable bonds is 3. The lowest BCUT2D eigenvalue weighted by Gasteiger charge is -2.31. The van der Waals surface area contributed by atoms with Crippen molar-refractivity contribution < 1.29 is 9.13 Å². The maximum absolute atomic E-state index is 11.8. The molecule has 1 atom stereocenters. The Balaban J connectivity index is 2.28. The SMILES string of the molecule is CC(C)(C)N1CCC(OCCF)C1. The van der Waals surface area contributed by atoms with Gasteiger partial charge >= 0.3 is 0 Å². The van der Waals surface area contributed by atoms with Crippen LogP contribution in [0, 0.1) is 0 Å². The second-order valence-corrected chi connectivity index (χ2v) is 4.59. The van der Waals surface area contributed by atoms with Crippen molar-refractivity contribution in [2.75, 3.05) is 26.4 Å². The lowest BCUT2D eigenvalue weighted by molar-refractivity contribution is 0.0414. The van der Waals surface area contributed by atoms with Crippen molar-refractivity contribution in [3.8, 4) is 0 Å². The van der Waals surface area contributed by atoms with Crippen LogP contribution >= 0.6 is 0 Å². The number of halogens is 1. The van der Waals surface area contributed by atoms with Crippen LogP contribution in [0.5, 0.6) is 0 Å². The maximum atomic E-state index is 11.8. The first-order valence-electron chi connectivity index (χ1n) is 4.96. The molecular formula is C10H20FNO. The lowest BCUT2D eigenvalue weighted by Crippen LogP contribution is -2.40. The molecule has 0 spiro atoms. The molecule has 0 aliphatic carbocycles. The third-order valence-corrected chi connectivity index (χ3v) is 2.52. The molecule has 1 fully saturated rings. The van der Waals surface area contributed by atoms with Crippen LogP contribution in [0.25, 0.3) is 0 Å². The molecule has 0 N–H and O–H groups in total. The fourth-order valence-electron chi connectivity index (χ4n) is 1.68. The molecule has 1 unspecified atom stereocenters. The van der Waals surface area contributed by atoms with E-state index in [2.05, 4.69) is 25.7 Å². The van der Waals surface area contributed by atoms with E-state index in [1.807, 2.05) is 0 Å². The van der Waals surface area contributed by atoms with Crippen molar-refractivity contribution in [3.05, 3.63) is 0 Å². The van der Waals surface area contributed by atoms with Crippen LogP contribution in [-0.2, 0) is 4.74 Å². The Morgan fingerprint density at radius 2 is 2.15 bits per heavy atom. The second-order valence-electron chi connectivity index (χ2n) is 4.59. The summed E-state index contributed by atoms with van der Waals surface area (Å²) in [6, 6.07) is 0. The van der Waals surface area contributed by atoms with Crippen LogP contribution in [0.4, 0.5) is 4.39 Å². The molecule has 0 aromatic rings. The van der Waals surface area contributed by atoms with E-state index in [0.717, 1.165) is 19.5 Å². The summed E-state index contributed by atoms with van der Waals surface area (Å²) >= 11 is 0. The van der Waals surface area contributed by atoms with E-state index in [4.69, 9.17) is 4.74 Å². The highest BCUT2D eigenvalue weighted by Crippen LogP contribution is 2.21. The highest BCUT2D eigenvalue weighted by atomic mass is 19.1. The van der Waals surface area contributed by atoms with Gasteiger partial charge in [0, 0.05) is 18.6 Å². The number of nitrogens with zero attached hydrogens (tertiary/aromatic N) is 1. The Hall–Kier alpha value is -0.150. The lowest BCUT2D eigenvalue weighted by atomic mass is 10.1. The molecule has 1 aliphatic heterocycles. The van der Waals surface area contributed by atoms with E-state index in [1.54, 1.807) is 0 Å². The van der Waals surface area contributed by atoms with Gasteiger partial charge in [0.05, 0.1) is 12.7 Å². The molecule has 0 bridgehead atoms. The van der Waals surface area contributed by atoms with Crippen molar-refractivity contribution in [2.45, 2.75) is 38.8 Å². The summed E-state index contributed by atoms with van der Waals surface area (Å²) in [5.41, 5.74) is 0.216. The molecule has 2 nitrogen and oxygen atoms in total. The first-order valence-corrected chi connectivity index (χ1v) is 4.96. The third kappa shape index (κ3) is 3.24. The fraction of sp³-hybridized carbons (Fsp3) is 1.00. The Morgan fingerprint density at radius 3 is 2.62 bits per heavy atom. The maximum Gasteiger partial charge on any atom is 0.113 e. The van der Waals surface area contributed by atoms with Crippen LogP contribution in [0.1, 0.15) is 27.2 Å². The van der Waals surface area contributed by atoms with Crippen molar-refractivity contribution in [2.24, 2.45) is 0 Å². The summed E-state index contributed by atoms with van der Waals surface area (Å²) in [4.78, 5) is 2.38. The van der Waals surface area contributed by atoms with Crippen molar-refractivity contribution in [1.29, 1.82) is 0 Å². The zero-order chi connectivity index (χ0) is 9.90. The Morgan fingerprint density at radius 1 is 1.46 bits per heavy atom. The van der Waals surface area contributed by atoms with E-state index in [0.29, 0.717) is 0 Å². The Kier molecular flexibility index (Phi) is 3.68. The number of hydrogen-bond acceptors (Lipinski definition) is 2. The minimum atomic E-state index is -0.369. The number of hydrogen-bond donors (Lipinski definition) is 0. The summed E-state index contributed by atoms with van der Waals surface area (Å²) in [7, 11) is 0. The van der Waals surface area contributed by atoms with Gasteiger partial charge in [-0.15, -0.1) is 0 Å². The third-order valence-electron chi connectivity index (χ3n) is 2.52. The highest BCUT2D eigenvalue weighted by Gasteiger charge is 2.30. The monoisotopic (exact) mass is 189 g/mol. The number of likely N-dealkylation sites (tertiary alicyclic amines) is 1. The quantitative estimate of drug-likeness (QED) is 0.671. The van der Waals surface area contributed by atoms with Gasteiger partial charge in [0.15, 0.2) is 0 Å². The molecule has 78 valence electrons. The molecule has 0 aromatic heterocycles.